The maximum atomic E-state index is 3.63. The van der Waals surface area contributed by atoms with Crippen molar-refractivity contribution < 1.29 is 0 Å². The molecule has 1 nitrogen and oxygen atoms in total. The largest absolute Gasteiger partial charge is 0.299 e. The first-order valence-electron chi connectivity index (χ1n) is 6.54. The molecule has 0 aromatic heterocycles. The molecule has 1 aromatic carbocycles. The Labute approximate surface area is 113 Å². The van der Waals surface area contributed by atoms with Gasteiger partial charge in [0.05, 0.1) is 0 Å². The van der Waals surface area contributed by atoms with Gasteiger partial charge in [-0.25, -0.2) is 0 Å². The first-order chi connectivity index (χ1) is 8.06. The second-order valence-electron chi connectivity index (χ2n) is 5.50. The van der Waals surface area contributed by atoms with Crippen LogP contribution in [0.4, 0.5) is 0 Å². The van der Waals surface area contributed by atoms with Gasteiger partial charge < -0.3 is 0 Å². The third kappa shape index (κ3) is 3.32. The minimum Gasteiger partial charge on any atom is -0.299 e. The molecule has 1 heterocycles. The van der Waals surface area contributed by atoms with Gasteiger partial charge in [-0.1, -0.05) is 35.0 Å². The minimum atomic E-state index is 0.916. The lowest BCUT2D eigenvalue weighted by Crippen LogP contribution is -2.32. The van der Waals surface area contributed by atoms with E-state index < -0.39 is 0 Å². The lowest BCUT2D eigenvalue weighted by molar-refractivity contribution is 0.185. The fourth-order valence-corrected chi connectivity index (χ4v) is 2.83. The predicted molar refractivity (Wildman–Crippen MR) is 77.3 cm³/mol. The lowest BCUT2D eigenvalue weighted by Gasteiger charge is -2.30. The number of nitrogens with zero attached hydrogens (tertiary/aromatic N) is 1. The van der Waals surface area contributed by atoms with Crippen LogP contribution in [0.1, 0.15) is 36.5 Å². The summed E-state index contributed by atoms with van der Waals surface area (Å²) in [4.78, 5) is 2.59. The zero-order valence-electron chi connectivity index (χ0n) is 11.1. The molecule has 2 heteroatoms. The van der Waals surface area contributed by atoms with Crippen LogP contribution in [-0.4, -0.2) is 18.0 Å². The van der Waals surface area contributed by atoms with Gasteiger partial charge in [0, 0.05) is 11.0 Å². The first-order valence-corrected chi connectivity index (χ1v) is 7.33. The second-order valence-corrected chi connectivity index (χ2v) is 6.30. The van der Waals surface area contributed by atoms with Crippen LogP contribution in [0.2, 0.25) is 0 Å². The topological polar surface area (TPSA) is 3.24 Å². The molecule has 0 atom stereocenters. The monoisotopic (exact) mass is 295 g/mol. The molecule has 0 unspecified atom stereocenters. The summed E-state index contributed by atoms with van der Waals surface area (Å²) in [6, 6.07) is 4.63. The molecule has 0 bridgehead atoms. The third-order valence-electron chi connectivity index (χ3n) is 3.78. The molecule has 94 valence electrons. The molecule has 17 heavy (non-hydrogen) atoms. The number of hydrogen-bond donors (Lipinski definition) is 0. The SMILES string of the molecule is Cc1cc(CN2CCC(C)CC2)cc(C)c1Br. The van der Waals surface area contributed by atoms with Crippen molar-refractivity contribution in [3.63, 3.8) is 0 Å². The van der Waals surface area contributed by atoms with E-state index in [1.165, 1.54) is 47.1 Å². The molecular formula is C15H22BrN. The third-order valence-corrected chi connectivity index (χ3v) is 5.03. The molecule has 1 aliphatic heterocycles. The van der Waals surface area contributed by atoms with E-state index in [9.17, 15) is 0 Å². The minimum absolute atomic E-state index is 0.916. The van der Waals surface area contributed by atoms with Crippen LogP contribution in [0.5, 0.6) is 0 Å². The summed E-state index contributed by atoms with van der Waals surface area (Å²) >= 11 is 3.63. The molecule has 1 aromatic rings. The van der Waals surface area contributed by atoms with E-state index >= 15 is 0 Å². The summed E-state index contributed by atoms with van der Waals surface area (Å²) in [7, 11) is 0. The van der Waals surface area contributed by atoms with Crippen molar-refractivity contribution in [1.29, 1.82) is 0 Å². The van der Waals surface area contributed by atoms with Crippen LogP contribution in [0.25, 0.3) is 0 Å². The van der Waals surface area contributed by atoms with Gasteiger partial charge in [-0.2, -0.15) is 0 Å². The van der Waals surface area contributed by atoms with Gasteiger partial charge in [0.2, 0.25) is 0 Å². The average molecular weight is 296 g/mol. The quantitative estimate of drug-likeness (QED) is 0.786. The molecule has 1 aliphatic rings. The molecule has 1 saturated heterocycles. The highest BCUT2D eigenvalue weighted by atomic mass is 79.9. The van der Waals surface area contributed by atoms with E-state index in [1.807, 2.05) is 0 Å². The summed E-state index contributed by atoms with van der Waals surface area (Å²) in [5.41, 5.74) is 4.16. The van der Waals surface area contributed by atoms with Crippen molar-refractivity contribution in [2.45, 2.75) is 40.2 Å². The average Bonchev–Trinajstić information content (AvgIpc) is 2.29. The van der Waals surface area contributed by atoms with Crippen molar-refractivity contribution in [3.8, 4) is 0 Å². The van der Waals surface area contributed by atoms with Crippen molar-refractivity contribution >= 4 is 15.9 Å². The molecule has 0 radical (unpaired) electrons. The Hall–Kier alpha value is -0.340. The van der Waals surface area contributed by atoms with Gasteiger partial charge in [0.25, 0.3) is 0 Å². The zero-order chi connectivity index (χ0) is 12.4. The maximum Gasteiger partial charge on any atom is 0.0233 e. The van der Waals surface area contributed by atoms with E-state index in [-0.39, 0.29) is 0 Å². The molecule has 1 fully saturated rings. The fourth-order valence-electron chi connectivity index (χ4n) is 2.61. The van der Waals surface area contributed by atoms with Crippen LogP contribution >= 0.6 is 15.9 Å². The molecule has 2 rings (SSSR count). The van der Waals surface area contributed by atoms with Gasteiger partial charge in [-0.3, -0.25) is 4.90 Å². The smallest absolute Gasteiger partial charge is 0.0233 e. The summed E-state index contributed by atoms with van der Waals surface area (Å²) in [5, 5.41) is 0. The highest BCUT2D eigenvalue weighted by molar-refractivity contribution is 9.10. The predicted octanol–water partition coefficient (Wildman–Crippen LogP) is 4.30. The van der Waals surface area contributed by atoms with Gasteiger partial charge in [0.1, 0.15) is 0 Å². The van der Waals surface area contributed by atoms with Gasteiger partial charge in [0.15, 0.2) is 0 Å². The second kappa shape index (κ2) is 5.53. The molecule has 0 N–H and O–H groups in total. The number of hydrogen-bond acceptors (Lipinski definition) is 1. The number of piperidine rings is 1. The highest BCUT2D eigenvalue weighted by Gasteiger charge is 2.16. The Morgan fingerprint density at radius 2 is 1.71 bits per heavy atom. The Morgan fingerprint density at radius 1 is 1.18 bits per heavy atom. The normalized spacial score (nSPS) is 18.6. The summed E-state index contributed by atoms with van der Waals surface area (Å²) < 4.78 is 1.26. The molecule has 0 spiro atoms. The summed E-state index contributed by atoms with van der Waals surface area (Å²) in [5.74, 6) is 0.916. The van der Waals surface area contributed by atoms with E-state index in [2.05, 4.69) is 53.7 Å². The highest BCUT2D eigenvalue weighted by Crippen LogP contribution is 2.24. The molecule has 0 amide bonds. The van der Waals surface area contributed by atoms with Crippen molar-refractivity contribution in [3.05, 3.63) is 33.3 Å². The van der Waals surface area contributed by atoms with E-state index in [0.717, 1.165) is 12.5 Å². The summed E-state index contributed by atoms with van der Waals surface area (Å²) in [6.45, 7) is 10.4. The van der Waals surface area contributed by atoms with Crippen LogP contribution in [0, 0.1) is 19.8 Å². The van der Waals surface area contributed by atoms with Gasteiger partial charge >= 0.3 is 0 Å². The van der Waals surface area contributed by atoms with Crippen LogP contribution in [0.15, 0.2) is 16.6 Å². The Balaban J connectivity index is 2.04. The molecule has 0 aliphatic carbocycles. The number of halogens is 1. The Morgan fingerprint density at radius 3 is 2.24 bits per heavy atom. The number of likely N-dealkylation sites (tertiary alicyclic amines) is 1. The Kier molecular flexibility index (Phi) is 4.26. The van der Waals surface area contributed by atoms with Crippen LogP contribution in [-0.2, 0) is 6.54 Å². The van der Waals surface area contributed by atoms with E-state index in [1.54, 1.807) is 0 Å². The number of benzene rings is 1. The standard InChI is InChI=1S/C15H22BrN/c1-11-4-6-17(7-5-11)10-14-8-12(2)15(16)13(3)9-14/h8-9,11H,4-7,10H2,1-3H3. The fraction of sp³-hybridized carbons (Fsp3) is 0.600. The van der Waals surface area contributed by atoms with E-state index in [0.29, 0.717) is 0 Å². The van der Waals surface area contributed by atoms with Gasteiger partial charge in [-0.15, -0.1) is 0 Å². The first kappa shape index (κ1) is 13.1. The van der Waals surface area contributed by atoms with Crippen LogP contribution < -0.4 is 0 Å². The van der Waals surface area contributed by atoms with Crippen molar-refractivity contribution in [2.24, 2.45) is 5.92 Å². The van der Waals surface area contributed by atoms with Crippen molar-refractivity contribution in [2.75, 3.05) is 13.1 Å². The van der Waals surface area contributed by atoms with Crippen molar-refractivity contribution in [1.82, 2.24) is 4.90 Å². The summed E-state index contributed by atoms with van der Waals surface area (Å²) in [6.07, 6.45) is 2.71. The number of aryl methyl sites for hydroxylation is 2. The number of rotatable bonds is 2. The lowest BCUT2D eigenvalue weighted by atomic mass is 9.98. The Bertz CT molecular complexity index is 369. The molecule has 0 saturated carbocycles. The zero-order valence-corrected chi connectivity index (χ0v) is 12.7. The molecular weight excluding hydrogens is 274 g/mol. The van der Waals surface area contributed by atoms with Crippen LogP contribution in [0.3, 0.4) is 0 Å². The van der Waals surface area contributed by atoms with E-state index in [4.69, 9.17) is 0 Å². The van der Waals surface area contributed by atoms with Gasteiger partial charge in [-0.05, 0) is 62.4 Å². The maximum absolute atomic E-state index is 3.63.